The van der Waals surface area contributed by atoms with Gasteiger partial charge < -0.3 is 28.8 Å². The number of phosphoric acid groups is 1. The number of allylic oxidation sites excluding steroid dienone is 5. The summed E-state index contributed by atoms with van der Waals surface area (Å²) in [6.45, 7) is 4.59. The van der Waals surface area contributed by atoms with Crippen molar-refractivity contribution in [1.29, 1.82) is 0 Å². The van der Waals surface area contributed by atoms with Gasteiger partial charge >= 0.3 is 0 Å². The molecule has 66 heavy (non-hydrogen) atoms. The highest BCUT2D eigenvalue weighted by Crippen LogP contribution is 2.38. The number of aliphatic hydroxyl groups excluding tert-OH is 1. The molecule has 3 unspecified atom stereocenters. The molecule has 0 saturated carbocycles. The van der Waals surface area contributed by atoms with Crippen LogP contribution in [0.15, 0.2) is 36.5 Å². The van der Waals surface area contributed by atoms with Crippen molar-refractivity contribution in [2.45, 2.75) is 283 Å². The zero-order chi connectivity index (χ0) is 48.5. The van der Waals surface area contributed by atoms with Gasteiger partial charge in [0.15, 0.2) is 0 Å². The van der Waals surface area contributed by atoms with Gasteiger partial charge in [0.25, 0.3) is 7.82 Å². The van der Waals surface area contributed by atoms with Crippen LogP contribution in [0, 0.1) is 0 Å². The van der Waals surface area contributed by atoms with Gasteiger partial charge in [-0.1, -0.05) is 249 Å². The van der Waals surface area contributed by atoms with Crippen LogP contribution in [0.2, 0.25) is 0 Å². The van der Waals surface area contributed by atoms with E-state index in [-0.39, 0.29) is 19.1 Å². The van der Waals surface area contributed by atoms with Crippen molar-refractivity contribution in [3.63, 3.8) is 0 Å². The van der Waals surface area contributed by atoms with Crippen molar-refractivity contribution < 1.29 is 32.9 Å². The molecule has 1 amide bonds. The molecule has 0 bridgehead atoms. The topological polar surface area (TPSA) is 108 Å². The Bertz CT molecular complexity index is 1170. The lowest BCUT2D eigenvalue weighted by molar-refractivity contribution is -0.870. The SMILES string of the molecule is CCCCCCC/C=C\C/C=C\CCCCCCCCCCCCCCCCCCCCCCCCCCCC(=O)NC(COP(=O)([O-])OCC[N+](C)(C)C)C(O)/C=C/CCCCCCC. The third-order valence-corrected chi connectivity index (χ3v) is 13.8. The Kier molecular flexibility index (Phi) is 47.8. The van der Waals surface area contributed by atoms with Crippen molar-refractivity contribution in [3.05, 3.63) is 36.5 Å². The van der Waals surface area contributed by atoms with E-state index in [4.69, 9.17) is 9.05 Å². The summed E-state index contributed by atoms with van der Waals surface area (Å²) in [4.78, 5) is 25.3. The number of likely N-dealkylation sites (N-methyl/N-ethyl adjacent to an activating group) is 1. The first kappa shape index (κ1) is 64.7. The van der Waals surface area contributed by atoms with Gasteiger partial charge in [0.2, 0.25) is 5.91 Å². The van der Waals surface area contributed by atoms with Gasteiger partial charge in [0.1, 0.15) is 13.2 Å². The van der Waals surface area contributed by atoms with E-state index in [1.165, 1.54) is 205 Å². The van der Waals surface area contributed by atoms with E-state index >= 15 is 0 Å². The summed E-state index contributed by atoms with van der Waals surface area (Å²) in [6, 6.07) is -0.881. The molecule has 390 valence electrons. The molecule has 0 aliphatic carbocycles. The standard InChI is InChI=1S/C57H111N2O6P/c1-6-8-10-12-14-15-16-17-18-19-20-21-22-23-24-25-26-27-28-29-30-31-32-33-34-35-36-37-38-39-40-41-42-43-45-47-49-51-57(61)58-55(56(60)50-48-46-44-13-11-9-7-2)54-65-66(62,63)64-53-52-59(3,4)5/h16-17,19-20,48,50,55-56,60H,6-15,18,21-47,49,51-54H2,1-5H3,(H-,58,61,62,63)/b17-16-,20-19-,50-48+. The number of quaternary nitrogens is 1. The lowest BCUT2D eigenvalue weighted by Crippen LogP contribution is -2.45. The molecule has 3 atom stereocenters. The van der Waals surface area contributed by atoms with E-state index in [0.29, 0.717) is 17.4 Å². The fraction of sp³-hybridized carbons (Fsp3) is 0.877. The van der Waals surface area contributed by atoms with Crippen LogP contribution < -0.4 is 10.2 Å². The second kappa shape index (κ2) is 48.7. The molecule has 9 heteroatoms. The van der Waals surface area contributed by atoms with E-state index in [1.807, 2.05) is 27.2 Å². The third kappa shape index (κ3) is 50.6. The van der Waals surface area contributed by atoms with Gasteiger partial charge in [-0.3, -0.25) is 9.36 Å². The van der Waals surface area contributed by atoms with Crippen LogP contribution in [-0.2, 0) is 18.4 Å². The number of carbonyl (C=O) groups is 1. The first-order valence-electron chi connectivity index (χ1n) is 28.4. The second-order valence-electron chi connectivity index (χ2n) is 20.6. The number of rotatable bonds is 52. The van der Waals surface area contributed by atoms with Gasteiger partial charge in [0, 0.05) is 6.42 Å². The summed E-state index contributed by atoms with van der Waals surface area (Å²) in [6.07, 6.45) is 62.8. The summed E-state index contributed by atoms with van der Waals surface area (Å²) >= 11 is 0. The highest BCUT2D eigenvalue weighted by atomic mass is 31.2. The van der Waals surface area contributed by atoms with Gasteiger partial charge in [-0.05, 0) is 51.4 Å². The number of nitrogens with one attached hydrogen (secondary N) is 1. The van der Waals surface area contributed by atoms with Crippen LogP contribution in [0.3, 0.4) is 0 Å². The molecule has 2 N–H and O–H groups in total. The minimum absolute atomic E-state index is 0.000158. The van der Waals surface area contributed by atoms with E-state index in [9.17, 15) is 19.4 Å². The lowest BCUT2D eigenvalue weighted by atomic mass is 10.0. The average Bonchev–Trinajstić information content (AvgIpc) is 3.28. The van der Waals surface area contributed by atoms with Gasteiger partial charge in [-0.2, -0.15) is 0 Å². The summed E-state index contributed by atoms with van der Waals surface area (Å²) in [5, 5.41) is 13.7. The van der Waals surface area contributed by atoms with Crippen LogP contribution in [0.4, 0.5) is 0 Å². The summed E-state index contributed by atoms with van der Waals surface area (Å²) in [7, 11) is 1.27. The number of amides is 1. The molecule has 0 aliphatic rings. The molecule has 0 aliphatic heterocycles. The molecule has 0 rings (SSSR count). The second-order valence-corrected chi connectivity index (χ2v) is 22.1. The number of nitrogens with zero attached hydrogens (tertiary/aromatic N) is 1. The maximum Gasteiger partial charge on any atom is 0.268 e. The maximum absolute atomic E-state index is 12.8. The Morgan fingerprint density at radius 3 is 1.26 bits per heavy atom. The first-order valence-corrected chi connectivity index (χ1v) is 29.8. The third-order valence-electron chi connectivity index (χ3n) is 12.8. The number of hydrogen-bond donors (Lipinski definition) is 2. The highest BCUT2D eigenvalue weighted by Gasteiger charge is 2.23. The van der Waals surface area contributed by atoms with E-state index in [0.717, 1.165) is 44.9 Å². The molecular formula is C57H111N2O6P. The van der Waals surface area contributed by atoms with Crippen molar-refractivity contribution in [2.75, 3.05) is 40.9 Å². The van der Waals surface area contributed by atoms with Crippen molar-refractivity contribution in [3.8, 4) is 0 Å². The minimum Gasteiger partial charge on any atom is -0.756 e. The fourth-order valence-electron chi connectivity index (χ4n) is 8.36. The molecule has 0 spiro atoms. The molecule has 0 radical (unpaired) electrons. The van der Waals surface area contributed by atoms with Crippen molar-refractivity contribution >= 4 is 13.7 Å². The minimum atomic E-state index is -4.58. The average molecular weight is 951 g/mol. The number of carbonyl (C=O) groups excluding carboxylic acids is 1. The van der Waals surface area contributed by atoms with Crippen LogP contribution in [0.5, 0.6) is 0 Å². The molecule has 0 aromatic carbocycles. The number of unbranched alkanes of at least 4 members (excludes halogenated alkanes) is 35. The molecule has 0 aromatic heterocycles. The van der Waals surface area contributed by atoms with Crippen LogP contribution in [0.1, 0.15) is 271 Å². The van der Waals surface area contributed by atoms with Crippen molar-refractivity contribution in [2.24, 2.45) is 0 Å². The van der Waals surface area contributed by atoms with Gasteiger partial charge in [-0.25, -0.2) is 0 Å². The molecule has 0 fully saturated rings. The molecule has 0 saturated heterocycles. The normalized spacial score (nSPS) is 14.2. The Hall–Kier alpha value is -1.28. The summed E-state index contributed by atoms with van der Waals surface area (Å²) in [5.74, 6) is -0.198. The number of aliphatic hydroxyl groups is 1. The molecule has 8 nitrogen and oxygen atoms in total. The molecular weight excluding hydrogens is 840 g/mol. The maximum atomic E-state index is 12.8. The largest absolute Gasteiger partial charge is 0.756 e. The Morgan fingerprint density at radius 2 is 0.879 bits per heavy atom. The summed E-state index contributed by atoms with van der Waals surface area (Å²) < 4.78 is 23.1. The van der Waals surface area contributed by atoms with Crippen molar-refractivity contribution in [1.82, 2.24) is 5.32 Å². The van der Waals surface area contributed by atoms with E-state index in [1.54, 1.807) is 6.08 Å². The zero-order valence-electron chi connectivity index (χ0n) is 44.4. The van der Waals surface area contributed by atoms with Gasteiger partial charge in [0.05, 0.1) is 39.9 Å². The predicted molar refractivity (Wildman–Crippen MR) is 284 cm³/mol. The lowest BCUT2D eigenvalue weighted by Gasteiger charge is -2.29. The first-order chi connectivity index (χ1) is 32.0. The molecule has 0 heterocycles. The van der Waals surface area contributed by atoms with Crippen LogP contribution in [0.25, 0.3) is 0 Å². The smallest absolute Gasteiger partial charge is 0.268 e. The van der Waals surface area contributed by atoms with E-state index in [2.05, 4.69) is 43.5 Å². The molecule has 0 aromatic rings. The summed E-state index contributed by atoms with van der Waals surface area (Å²) in [5.41, 5.74) is 0. The van der Waals surface area contributed by atoms with Crippen LogP contribution in [-0.4, -0.2) is 68.5 Å². The predicted octanol–water partition coefficient (Wildman–Crippen LogP) is 16.4. The monoisotopic (exact) mass is 951 g/mol. The Balaban J connectivity index is 3.76. The zero-order valence-corrected chi connectivity index (χ0v) is 45.3. The Morgan fingerprint density at radius 1 is 0.530 bits per heavy atom. The highest BCUT2D eigenvalue weighted by molar-refractivity contribution is 7.45. The fourth-order valence-corrected chi connectivity index (χ4v) is 9.08. The number of phosphoric ester groups is 1. The Labute approximate surface area is 410 Å². The number of hydrogen-bond acceptors (Lipinski definition) is 6. The quantitative estimate of drug-likeness (QED) is 0.0272. The van der Waals surface area contributed by atoms with Gasteiger partial charge in [-0.15, -0.1) is 0 Å². The van der Waals surface area contributed by atoms with Crippen LogP contribution >= 0.6 is 7.82 Å². The van der Waals surface area contributed by atoms with E-state index < -0.39 is 20.0 Å².